The summed E-state index contributed by atoms with van der Waals surface area (Å²) in [6, 6.07) is 0. The van der Waals surface area contributed by atoms with Crippen molar-refractivity contribution < 1.29 is 0 Å². The maximum absolute atomic E-state index is 4.94. The summed E-state index contributed by atoms with van der Waals surface area (Å²) in [7, 11) is 1.80. The fourth-order valence-corrected chi connectivity index (χ4v) is 1.26. The molecule has 0 saturated heterocycles. The highest BCUT2D eigenvalue weighted by atomic mass is 32.1. The van der Waals surface area contributed by atoms with Crippen molar-refractivity contribution >= 4 is 17.3 Å². The van der Waals surface area contributed by atoms with Crippen molar-refractivity contribution in [3.8, 4) is 0 Å². The van der Waals surface area contributed by atoms with Gasteiger partial charge in [-0.3, -0.25) is 9.97 Å². The summed E-state index contributed by atoms with van der Waals surface area (Å²) in [5.41, 5.74) is 1.01. The molecule has 1 heterocycles. The molecule has 0 aromatic carbocycles. The van der Waals surface area contributed by atoms with Crippen molar-refractivity contribution in [1.82, 2.24) is 25.9 Å². The molecule has 0 saturated carbocycles. The Balaban J connectivity index is 1.98. The number of nitrogens with one attached hydrogen (secondary N) is 3. The predicted octanol–water partition coefficient (Wildman–Crippen LogP) is -0.297. The summed E-state index contributed by atoms with van der Waals surface area (Å²) in [6.45, 7) is 2.59. The van der Waals surface area contributed by atoms with Gasteiger partial charge in [0.05, 0.1) is 5.69 Å². The molecule has 1 aromatic heterocycles. The summed E-state index contributed by atoms with van der Waals surface area (Å²) in [5.74, 6) is 0. The first-order valence-corrected chi connectivity index (χ1v) is 5.65. The molecular weight excluding hydrogens is 222 g/mol. The second kappa shape index (κ2) is 7.95. The molecule has 1 rings (SSSR count). The first-order chi connectivity index (χ1) is 7.83. The molecule has 6 heteroatoms. The van der Waals surface area contributed by atoms with E-state index >= 15 is 0 Å². The van der Waals surface area contributed by atoms with Crippen LogP contribution in [0.4, 0.5) is 0 Å². The van der Waals surface area contributed by atoms with Crippen LogP contribution in [0.1, 0.15) is 5.69 Å². The third-order valence-electron chi connectivity index (χ3n) is 1.99. The zero-order valence-corrected chi connectivity index (χ0v) is 10.2. The predicted molar refractivity (Wildman–Crippen MR) is 68.3 cm³/mol. The number of rotatable bonds is 6. The van der Waals surface area contributed by atoms with Crippen molar-refractivity contribution in [3.05, 3.63) is 24.3 Å². The monoisotopic (exact) mass is 239 g/mol. The van der Waals surface area contributed by atoms with Crippen LogP contribution in [-0.4, -0.2) is 41.8 Å². The topological polar surface area (TPSA) is 61.9 Å². The Morgan fingerprint density at radius 2 is 2.19 bits per heavy atom. The molecular formula is C10H17N5S. The molecule has 0 aliphatic carbocycles. The zero-order valence-electron chi connectivity index (χ0n) is 9.36. The van der Waals surface area contributed by atoms with Crippen LogP contribution >= 0.6 is 12.2 Å². The Bertz CT molecular complexity index is 303. The lowest BCUT2D eigenvalue weighted by atomic mass is 10.3. The Hall–Kier alpha value is -1.27. The third kappa shape index (κ3) is 5.57. The molecule has 0 fully saturated rings. The largest absolute Gasteiger partial charge is 0.366 e. The zero-order chi connectivity index (χ0) is 11.6. The van der Waals surface area contributed by atoms with Crippen molar-refractivity contribution in [2.45, 2.75) is 6.42 Å². The number of hydrogen-bond acceptors (Lipinski definition) is 4. The molecule has 5 nitrogen and oxygen atoms in total. The fourth-order valence-electron chi connectivity index (χ4n) is 1.15. The SMILES string of the molecule is CNC(=S)NCCNCCc1cnccn1. The van der Waals surface area contributed by atoms with E-state index in [1.807, 2.05) is 0 Å². The van der Waals surface area contributed by atoms with Crippen LogP contribution in [0.2, 0.25) is 0 Å². The third-order valence-corrected chi connectivity index (χ3v) is 2.34. The van der Waals surface area contributed by atoms with Crippen LogP contribution in [0.15, 0.2) is 18.6 Å². The van der Waals surface area contributed by atoms with E-state index in [1.54, 1.807) is 25.6 Å². The van der Waals surface area contributed by atoms with Gasteiger partial charge in [-0.2, -0.15) is 0 Å². The molecule has 0 radical (unpaired) electrons. The van der Waals surface area contributed by atoms with Crippen LogP contribution in [-0.2, 0) is 6.42 Å². The van der Waals surface area contributed by atoms with Crippen LogP contribution in [0.5, 0.6) is 0 Å². The number of thiocarbonyl (C=S) groups is 1. The number of aromatic nitrogens is 2. The summed E-state index contributed by atoms with van der Waals surface area (Å²) in [4.78, 5) is 8.20. The molecule has 16 heavy (non-hydrogen) atoms. The van der Waals surface area contributed by atoms with Gasteiger partial charge in [-0.1, -0.05) is 0 Å². The smallest absolute Gasteiger partial charge is 0.166 e. The summed E-state index contributed by atoms with van der Waals surface area (Å²) >= 11 is 4.94. The quantitative estimate of drug-likeness (QED) is 0.468. The lowest BCUT2D eigenvalue weighted by Crippen LogP contribution is -2.37. The summed E-state index contributed by atoms with van der Waals surface area (Å²) in [6.07, 6.45) is 6.07. The lowest BCUT2D eigenvalue weighted by Gasteiger charge is -2.07. The van der Waals surface area contributed by atoms with Gasteiger partial charge in [-0.05, 0) is 12.2 Å². The van der Waals surface area contributed by atoms with E-state index in [1.165, 1.54) is 0 Å². The van der Waals surface area contributed by atoms with Gasteiger partial charge >= 0.3 is 0 Å². The molecule has 88 valence electrons. The minimum atomic E-state index is 0.677. The van der Waals surface area contributed by atoms with Crippen molar-refractivity contribution in [2.75, 3.05) is 26.7 Å². The van der Waals surface area contributed by atoms with Gasteiger partial charge in [0.2, 0.25) is 0 Å². The average Bonchev–Trinajstić information content (AvgIpc) is 2.34. The molecule has 0 atom stereocenters. The van der Waals surface area contributed by atoms with Gasteiger partial charge in [0.25, 0.3) is 0 Å². The van der Waals surface area contributed by atoms with E-state index in [2.05, 4.69) is 25.9 Å². The molecule has 1 aromatic rings. The Kier molecular flexibility index (Phi) is 6.36. The average molecular weight is 239 g/mol. The lowest BCUT2D eigenvalue weighted by molar-refractivity contribution is 0.660. The molecule has 0 aliphatic heterocycles. The van der Waals surface area contributed by atoms with Gasteiger partial charge in [0.1, 0.15) is 0 Å². The molecule has 0 amide bonds. The van der Waals surface area contributed by atoms with Crippen LogP contribution in [0, 0.1) is 0 Å². The van der Waals surface area contributed by atoms with Gasteiger partial charge in [-0.15, -0.1) is 0 Å². The molecule has 3 N–H and O–H groups in total. The van der Waals surface area contributed by atoms with Gasteiger partial charge in [-0.25, -0.2) is 0 Å². The summed E-state index contributed by atoms with van der Waals surface area (Å²) < 4.78 is 0. The maximum Gasteiger partial charge on any atom is 0.166 e. The van der Waals surface area contributed by atoms with Crippen molar-refractivity contribution in [2.24, 2.45) is 0 Å². The Labute approximate surface area is 101 Å². The molecule has 0 bridgehead atoms. The minimum Gasteiger partial charge on any atom is -0.366 e. The second-order valence-corrected chi connectivity index (χ2v) is 3.61. The Morgan fingerprint density at radius 1 is 1.31 bits per heavy atom. The highest BCUT2D eigenvalue weighted by molar-refractivity contribution is 7.80. The Morgan fingerprint density at radius 3 is 2.88 bits per heavy atom. The van der Waals surface area contributed by atoms with Crippen LogP contribution in [0.3, 0.4) is 0 Å². The van der Waals surface area contributed by atoms with E-state index in [4.69, 9.17) is 12.2 Å². The van der Waals surface area contributed by atoms with Crippen molar-refractivity contribution in [3.63, 3.8) is 0 Å². The molecule has 0 spiro atoms. The highest BCUT2D eigenvalue weighted by Gasteiger charge is 1.93. The van der Waals surface area contributed by atoms with Gasteiger partial charge in [0, 0.05) is 51.7 Å². The minimum absolute atomic E-state index is 0.677. The van der Waals surface area contributed by atoms with Crippen LogP contribution in [0.25, 0.3) is 0 Å². The molecule has 0 unspecified atom stereocenters. The first kappa shape index (κ1) is 12.8. The summed E-state index contributed by atoms with van der Waals surface area (Å²) in [5, 5.41) is 9.89. The van der Waals surface area contributed by atoms with E-state index in [0.29, 0.717) is 5.11 Å². The van der Waals surface area contributed by atoms with Gasteiger partial charge < -0.3 is 16.0 Å². The van der Waals surface area contributed by atoms with E-state index < -0.39 is 0 Å². The van der Waals surface area contributed by atoms with E-state index in [9.17, 15) is 0 Å². The van der Waals surface area contributed by atoms with E-state index in [-0.39, 0.29) is 0 Å². The van der Waals surface area contributed by atoms with E-state index in [0.717, 1.165) is 31.7 Å². The number of hydrogen-bond donors (Lipinski definition) is 3. The fraction of sp³-hybridized carbons (Fsp3) is 0.500. The standard InChI is InChI=1S/C10H17N5S/c1-11-10(16)15-7-4-12-3-2-9-8-13-5-6-14-9/h5-6,8,12H,2-4,7H2,1H3,(H2,11,15,16). The van der Waals surface area contributed by atoms with Crippen LogP contribution < -0.4 is 16.0 Å². The highest BCUT2D eigenvalue weighted by Crippen LogP contribution is 1.89. The first-order valence-electron chi connectivity index (χ1n) is 5.24. The maximum atomic E-state index is 4.94. The second-order valence-electron chi connectivity index (χ2n) is 3.20. The van der Waals surface area contributed by atoms with Gasteiger partial charge in [0.15, 0.2) is 5.11 Å². The normalized spacial score (nSPS) is 9.81. The van der Waals surface area contributed by atoms with Crippen molar-refractivity contribution in [1.29, 1.82) is 0 Å². The molecule has 0 aliphatic rings. The number of nitrogens with zero attached hydrogens (tertiary/aromatic N) is 2.